The second-order valence-electron chi connectivity index (χ2n) is 6.19. The molecule has 0 saturated carbocycles. The first-order valence-corrected chi connectivity index (χ1v) is 8.15. The van der Waals surface area contributed by atoms with E-state index in [2.05, 4.69) is 22.0 Å². The molecule has 2 aromatic rings. The van der Waals surface area contributed by atoms with E-state index in [4.69, 9.17) is 4.42 Å². The summed E-state index contributed by atoms with van der Waals surface area (Å²) in [5.74, 6) is 1.15. The number of amides is 2. The maximum Gasteiger partial charge on any atom is 0.319 e. The zero-order valence-electron chi connectivity index (χ0n) is 14.3. The lowest BCUT2D eigenvalue weighted by Crippen LogP contribution is -2.51. The minimum absolute atomic E-state index is 0.0339. The van der Waals surface area contributed by atoms with Gasteiger partial charge in [0.15, 0.2) is 0 Å². The molecule has 1 saturated heterocycles. The highest BCUT2D eigenvalue weighted by Crippen LogP contribution is 2.24. The third-order valence-electron chi connectivity index (χ3n) is 4.33. The normalized spacial score (nSPS) is 16.9. The van der Waals surface area contributed by atoms with E-state index in [-0.39, 0.29) is 12.1 Å². The molecule has 1 aliphatic rings. The highest BCUT2D eigenvalue weighted by Gasteiger charge is 2.28. The van der Waals surface area contributed by atoms with E-state index >= 15 is 0 Å². The van der Waals surface area contributed by atoms with Gasteiger partial charge in [0, 0.05) is 45.8 Å². The van der Waals surface area contributed by atoms with Crippen LogP contribution >= 0.6 is 0 Å². The van der Waals surface area contributed by atoms with E-state index in [1.807, 2.05) is 35.2 Å². The molecule has 2 amide bonds. The molecule has 0 aliphatic carbocycles. The van der Waals surface area contributed by atoms with Crippen LogP contribution in [0.1, 0.15) is 18.9 Å². The van der Waals surface area contributed by atoms with E-state index in [1.165, 1.54) is 0 Å². The zero-order valence-corrected chi connectivity index (χ0v) is 14.3. The van der Waals surface area contributed by atoms with Gasteiger partial charge < -0.3 is 14.2 Å². The summed E-state index contributed by atoms with van der Waals surface area (Å²) in [6, 6.07) is 9.85. The number of hydrogen-bond acceptors (Lipinski definition) is 5. The zero-order chi connectivity index (χ0) is 17.1. The molecule has 2 heterocycles. The summed E-state index contributed by atoms with van der Waals surface area (Å²) >= 11 is 0. The third-order valence-corrected chi connectivity index (χ3v) is 4.33. The fourth-order valence-corrected chi connectivity index (χ4v) is 2.84. The van der Waals surface area contributed by atoms with Crippen molar-refractivity contribution in [3.63, 3.8) is 0 Å². The molecule has 3 rings (SSSR count). The summed E-state index contributed by atoms with van der Waals surface area (Å²) in [5.41, 5.74) is 0.921. The molecule has 7 nitrogen and oxygen atoms in total. The average Bonchev–Trinajstić information content (AvgIpc) is 3.11. The van der Waals surface area contributed by atoms with Crippen LogP contribution in [0.25, 0.3) is 11.5 Å². The van der Waals surface area contributed by atoms with Gasteiger partial charge in [0.2, 0.25) is 11.8 Å². The molecule has 1 aromatic heterocycles. The molecule has 0 bridgehead atoms. The number of aromatic nitrogens is 2. The first kappa shape index (κ1) is 16.4. The summed E-state index contributed by atoms with van der Waals surface area (Å²) in [6.45, 7) is 5.07. The number of rotatable bonds is 3. The van der Waals surface area contributed by atoms with Crippen LogP contribution < -0.4 is 0 Å². The fraction of sp³-hybridized carbons (Fsp3) is 0.471. The lowest BCUT2D eigenvalue weighted by atomic mass is 10.2. The van der Waals surface area contributed by atoms with E-state index in [1.54, 1.807) is 19.0 Å². The van der Waals surface area contributed by atoms with Crippen molar-refractivity contribution in [3.8, 4) is 11.5 Å². The first-order chi connectivity index (χ1) is 11.6. The molecule has 1 atom stereocenters. The molecule has 128 valence electrons. The maximum absolute atomic E-state index is 12.0. The van der Waals surface area contributed by atoms with E-state index < -0.39 is 0 Å². The Morgan fingerprint density at radius 1 is 1.12 bits per heavy atom. The molecule has 24 heavy (non-hydrogen) atoms. The van der Waals surface area contributed by atoms with Crippen LogP contribution in [-0.2, 0) is 0 Å². The monoisotopic (exact) mass is 329 g/mol. The highest BCUT2D eigenvalue weighted by atomic mass is 16.4. The van der Waals surface area contributed by atoms with Gasteiger partial charge in [-0.25, -0.2) is 4.79 Å². The fourth-order valence-electron chi connectivity index (χ4n) is 2.84. The molecule has 0 unspecified atom stereocenters. The van der Waals surface area contributed by atoms with Gasteiger partial charge in [-0.1, -0.05) is 18.2 Å². The Hall–Kier alpha value is -2.41. The van der Waals surface area contributed by atoms with Gasteiger partial charge in [-0.3, -0.25) is 4.90 Å². The number of carbonyl (C=O) groups is 1. The number of urea groups is 1. The Morgan fingerprint density at radius 3 is 2.42 bits per heavy atom. The van der Waals surface area contributed by atoms with Gasteiger partial charge in [0.05, 0.1) is 6.04 Å². The molecule has 0 radical (unpaired) electrons. The third kappa shape index (κ3) is 3.41. The summed E-state index contributed by atoms with van der Waals surface area (Å²) in [6.07, 6.45) is 0. The quantitative estimate of drug-likeness (QED) is 0.863. The smallest absolute Gasteiger partial charge is 0.319 e. The molecule has 1 aliphatic heterocycles. The summed E-state index contributed by atoms with van der Waals surface area (Å²) in [5, 5.41) is 8.36. The number of carbonyl (C=O) groups excluding carboxylic acids is 1. The van der Waals surface area contributed by atoms with Crippen LogP contribution in [0.15, 0.2) is 34.7 Å². The molecule has 1 aromatic carbocycles. The number of benzene rings is 1. The summed E-state index contributed by atoms with van der Waals surface area (Å²) in [7, 11) is 3.56. The van der Waals surface area contributed by atoms with Crippen molar-refractivity contribution in [2.24, 2.45) is 0 Å². The van der Waals surface area contributed by atoms with Crippen molar-refractivity contribution in [2.75, 3.05) is 40.3 Å². The molecular formula is C17H23N5O2. The standard InChI is InChI=1S/C17H23N5O2/c1-13(21-9-11-22(12-10-21)17(23)20(2)3)15-18-19-16(24-15)14-7-5-4-6-8-14/h4-8,13H,9-12H2,1-3H3/t13-/m1/s1. The SMILES string of the molecule is C[C@H](c1nnc(-c2ccccc2)o1)N1CCN(C(=O)N(C)C)CC1. The lowest BCUT2D eigenvalue weighted by molar-refractivity contribution is 0.0939. The van der Waals surface area contributed by atoms with Gasteiger partial charge in [0.1, 0.15) is 0 Å². The highest BCUT2D eigenvalue weighted by molar-refractivity contribution is 5.73. The summed E-state index contributed by atoms with van der Waals surface area (Å²) in [4.78, 5) is 17.7. The van der Waals surface area contributed by atoms with Crippen LogP contribution in [0.3, 0.4) is 0 Å². The lowest BCUT2D eigenvalue weighted by Gasteiger charge is -2.37. The van der Waals surface area contributed by atoms with Crippen molar-refractivity contribution in [2.45, 2.75) is 13.0 Å². The Bertz CT molecular complexity index is 677. The van der Waals surface area contributed by atoms with Gasteiger partial charge in [0.25, 0.3) is 0 Å². The second kappa shape index (κ2) is 7.00. The van der Waals surface area contributed by atoms with Gasteiger partial charge in [-0.05, 0) is 19.1 Å². The first-order valence-electron chi connectivity index (χ1n) is 8.15. The van der Waals surface area contributed by atoms with Crippen LogP contribution in [0.4, 0.5) is 4.79 Å². The van der Waals surface area contributed by atoms with Crippen LogP contribution in [0.5, 0.6) is 0 Å². The Balaban J connectivity index is 1.63. The largest absolute Gasteiger partial charge is 0.419 e. The molecular weight excluding hydrogens is 306 g/mol. The average molecular weight is 329 g/mol. The van der Waals surface area contributed by atoms with Gasteiger partial charge >= 0.3 is 6.03 Å². The maximum atomic E-state index is 12.0. The van der Waals surface area contributed by atoms with Gasteiger partial charge in [-0.15, -0.1) is 10.2 Å². The number of hydrogen-bond donors (Lipinski definition) is 0. The van der Waals surface area contributed by atoms with Crippen molar-refractivity contribution >= 4 is 6.03 Å². The van der Waals surface area contributed by atoms with Crippen molar-refractivity contribution in [3.05, 3.63) is 36.2 Å². The molecule has 0 N–H and O–H groups in total. The van der Waals surface area contributed by atoms with E-state index in [0.29, 0.717) is 24.9 Å². The Labute approximate surface area is 141 Å². The van der Waals surface area contributed by atoms with Crippen molar-refractivity contribution < 1.29 is 9.21 Å². The van der Waals surface area contributed by atoms with Crippen LogP contribution in [0, 0.1) is 0 Å². The minimum Gasteiger partial charge on any atom is -0.419 e. The van der Waals surface area contributed by atoms with Crippen LogP contribution in [0.2, 0.25) is 0 Å². The minimum atomic E-state index is 0.0339. The van der Waals surface area contributed by atoms with E-state index in [9.17, 15) is 4.79 Å². The predicted octanol–water partition coefficient (Wildman–Crippen LogP) is 2.10. The molecule has 7 heteroatoms. The predicted molar refractivity (Wildman–Crippen MR) is 90.4 cm³/mol. The van der Waals surface area contributed by atoms with Crippen molar-refractivity contribution in [1.29, 1.82) is 0 Å². The Kier molecular flexibility index (Phi) is 4.80. The topological polar surface area (TPSA) is 65.7 Å². The number of nitrogens with zero attached hydrogens (tertiary/aromatic N) is 5. The van der Waals surface area contributed by atoms with Crippen LogP contribution in [-0.4, -0.2) is 71.2 Å². The second-order valence-corrected chi connectivity index (χ2v) is 6.19. The number of piperazine rings is 1. The van der Waals surface area contributed by atoms with Crippen molar-refractivity contribution in [1.82, 2.24) is 24.9 Å². The molecule has 1 fully saturated rings. The molecule has 0 spiro atoms. The Morgan fingerprint density at radius 2 is 1.79 bits per heavy atom. The van der Waals surface area contributed by atoms with E-state index in [0.717, 1.165) is 18.7 Å². The van der Waals surface area contributed by atoms with Gasteiger partial charge in [-0.2, -0.15) is 0 Å². The summed E-state index contributed by atoms with van der Waals surface area (Å²) < 4.78 is 5.84.